The van der Waals surface area contributed by atoms with Gasteiger partial charge in [0.25, 0.3) is 11.1 Å². The van der Waals surface area contributed by atoms with E-state index < -0.39 is 5.97 Å². The zero-order valence-electron chi connectivity index (χ0n) is 19.6. The summed E-state index contributed by atoms with van der Waals surface area (Å²) in [7, 11) is 1.46. The van der Waals surface area contributed by atoms with Crippen molar-refractivity contribution in [3.05, 3.63) is 112 Å². The molecule has 0 saturated carbocycles. The fourth-order valence-electron chi connectivity index (χ4n) is 4.03. The van der Waals surface area contributed by atoms with Crippen LogP contribution in [0.2, 0.25) is 5.02 Å². The van der Waals surface area contributed by atoms with Crippen molar-refractivity contribution in [2.75, 3.05) is 7.11 Å². The van der Waals surface area contributed by atoms with E-state index in [1.807, 2.05) is 42.5 Å². The maximum Gasteiger partial charge on any atom is 0.345 e. The molecule has 0 radical (unpaired) electrons. The SMILES string of the molecule is COc1ccc(/C=C2\SC(=O)N(Cc3cccc4ccccc34)C2=O)cc1OC(=O)c1ccccc1Cl. The van der Waals surface area contributed by atoms with Gasteiger partial charge >= 0.3 is 5.97 Å². The molecule has 1 heterocycles. The van der Waals surface area contributed by atoms with Gasteiger partial charge < -0.3 is 9.47 Å². The maximum absolute atomic E-state index is 13.2. The van der Waals surface area contributed by atoms with Crippen molar-refractivity contribution in [2.45, 2.75) is 6.54 Å². The fourth-order valence-corrected chi connectivity index (χ4v) is 5.08. The third kappa shape index (κ3) is 5.09. The molecule has 0 atom stereocenters. The van der Waals surface area contributed by atoms with E-state index >= 15 is 0 Å². The number of imide groups is 1. The van der Waals surface area contributed by atoms with Crippen molar-refractivity contribution in [1.29, 1.82) is 0 Å². The van der Waals surface area contributed by atoms with Crippen molar-refractivity contribution in [3.8, 4) is 11.5 Å². The number of carbonyl (C=O) groups is 3. The van der Waals surface area contributed by atoms with E-state index in [4.69, 9.17) is 21.1 Å². The molecule has 0 unspecified atom stereocenters. The van der Waals surface area contributed by atoms with Crippen molar-refractivity contribution >= 4 is 57.3 Å². The predicted octanol–water partition coefficient (Wildman–Crippen LogP) is 6.96. The molecule has 0 spiro atoms. The molecule has 1 aliphatic heterocycles. The van der Waals surface area contributed by atoms with Crippen LogP contribution in [-0.4, -0.2) is 29.1 Å². The number of esters is 1. The number of benzene rings is 4. The molecule has 0 bridgehead atoms. The molecule has 4 aromatic carbocycles. The monoisotopic (exact) mass is 529 g/mol. The summed E-state index contributed by atoms with van der Waals surface area (Å²) < 4.78 is 10.9. The largest absolute Gasteiger partial charge is 0.493 e. The Bertz CT molecular complexity index is 1580. The average molecular weight is 530 g/mol. The topological polar surface area (TPSA) is 72.9 Å². The molecule has 0 aromatic heterocycles. The summed E-state index contributed by atoms with van der Waals surface area (Å²) in [4.78, 5) is 40.1. The summed E-state index contributed by atoms with van der Waals surface area (Å²) in [6.45, 7) is 0.173. The van der Waals surface area contributed by atoms with E-state index in [1.165, 1.54) is 12.0 Å². The third-order valence-electron chi connectivity index (χ3n) is 5.86. The van der Waals surface area contributed by atoms with Crippen LogP contribution < -0.4 is 9.47 Å². The molecular weight excluding hydrogens is 510 g/mol. The van der Waals surface area contributed by atoms with Gasteiger partial charge in [-0.15, -0.1) is 0 Å². The van der Waals surface area contributed by atoms with E-state index in [9.17, 15) is 14.4 Å². The predicted molar refractivity (Wildman–Crippen MR) is 145 cm³/mol. The summed E-state index contributed by atoms with van der Waals surface area (Å²) in [5.74, 6) is -0.525. The molecule has 0 aliphatic carbocycles. The smallest absolute Gasteiger partial charge is 0.345 e. The van der Waals surface area contributed by atoms with Crippen LogP contribution in [0.15, 0.2) is 89.8 Å². The highest BCUT2D eigenvalue weighted by Gasteiger charge is 2.35. The second-order valence-corrected chi connectivity index (χ2v) is 9.59. The molecule has 0 N–H and O–H groups in total. The van der Waals surface area contributed by atoms with Crippen LogP contribution in [0.4, 0.5) is 4.79 Å². The number of hydrogen-bond acceptors (Lipinski definition) is 6. The fraction of sp³-hybridized carbons (Fsp3) is 0.0690. The van der Waals surface area contributed by atoms with Crippen LogP contribution in [0.1, 0.15) is 21.5 Å². The number of hydrogen-bond donors (Lipinski definition) is 0. The van der Waals surface area contributed by atoms with Gasteiger partial charge in [-0.25, -0.2) is 4.79 Å². The minimum absolute atomic E-state index is 0.163. The zero-order chi connectivity index (χ0) is 25.9. The molecule has 37 heavy (non-hydrogen) atoms. The highest BCUT2D eigenvalue weighted by Crippen LogP contribution is 2.36. The van der Waals surface area contributed by atoms with E-state index in [0.717, 1.165) is 28.1 Å². The number of thioether (sulfide) groups is 1. The van der Waals surface area contributed by atoms with Crippen LogP contribution in [0.25, 0.3) is 16.8 Å². The van der Waals surface area contributed by atoms with Gasteiger partial charge in [-0.05, 0) is 64.0 Å². The van der Waals surface area contributed by atoms with Gasteiger partial charge in [0.1, 0.15) is 0 Å². The molecular formula is C29H20ClNO5S. The molecule has 1 fully saturated rings. The van der Waals surface area contributed by atoms with Gasteiger partial charge in [0.2, 0.25) is 0 Å². The molecule has 2 amide bonds. The van der Waals surface area contributed by atoms with Crippen molar-refractivity contribution in [2.24, 2.45) is 0 Å². The summed E-state index contributed by atoms with van der Waals surface area (Å²) in [5.41, 5.74) is 1.67. The normalized spacial score (nSPS) is 14.4. The molecule has 6 nitrogen and oxygen atoms in total. The Morgan fingerprint density at radius 2 is 1.70 bits per heavy atom. The van der Waals surface area contributed by atoms with Crippen molar-refractivity contribution in [1.82, 2.24) is 4.90 Å². The second-order valence-electron chi connectivity index (χ2n) is 8.19. The van der Waals surface area contributed by atoms with E-state index in [0.29, 0.717) is 11.3 Å². The lowest BCUT2D eigenvalue weighted by Crippen LogP contribution is -2.27. The first-order valence-electron chi connectivity index (χ1n) is 11.3. The van der Waals surface area contributed by atoms with Gasteiger partial charge in [-0.3, -0.25) is 14.5 Å². The number of rotatable bonds is 6. The van der Waals surface area contributed by atoms with Crippen LogP contribution in [-0.2, 0) is 11.3 Å². The Morgan fingerprint density at radius 3 is 2.51 bits per heavy atom. The number of nitrogens with zero attached hydrogens (tertiary/aromatic N) is 1. The molecule has 8 heteroatoms. The number of fused-ring (bicyclic) bond motifs is 1. The van der Waals surface area contributed by atoms with Crippen LogP contribution in [0.5, 0.6) is 11.5 Å². The highest BCUT2D eigenvalue weighted by molar-refractivity contribution is 8.18. The number of halogens is 1. The number of amides is 2. The Kier molecular flexibility index (Phi) is 6.99. The number of carbonyl (C=O) groups excluding carboxylic acids is 3. The zero-order valence-corrected chi connectivity index (χ0v) is 21.2. The minimum Gasteiger partial charge on any atom is -0.493 e. The van der Waals surface area contributed by atoms with Crippen molar-refractivity contribution in [3.63, 3.8) is 0 Å². The lowest BCUT2D eigenvalue weighted by Gasteiger charge is -2.14. The summed E-state index contributed by atoms with van der Waals surface area (Å²) in [6.07, 6.45) is 1.60. The average Bonchev–Trinajstić information content (AvgIpc) is 3.16. The lowest BCUT2D eigenvalue weighted by molar-refractivity contribution is -0.123. The minimum atomic E-state index is -0.642. The standard InChI is InChI=1S/C29H20ClNO5S/c1-35-24-14-13-18(15-25(24)36-28(33)22-11-4-5-12-23(22)30)16-26-27(32)31(29(34)37-26)17-20-9-6-8-19-7-2-3-10-21(19)20/h2-16H,17H2,1H3/b26-16-. The quantitative estimate of drug-likeness (QED) is 0.153. The molecule has 4 aromatic rings. The van der Waals surface area contributed by atoms with Gasteiger partial charge in [0, 0.05) is 0 Å². The Labute approximate surface area is 222 Å². The van der Waals surface area contributed by atoms with E-state index in [1.54, 1.807) is 48.5 Å². The highest BCUT2D eigenvalue weighted by atomic mass is 35.5. The van der Waals surface area contributed by atoms with E-state index in [2.05, 4.69) is 0 Å². The molecule has 184 valence electrons. The van der Waals surface area contributed by atoms with E-state index in [-0.39, 0.29) is 38.9 Å². The van der Waals surface area contributed by atoms with Gasteiger partial charge in [0.15, 0.2) is 11.5 Å². The van der Waals surface area contributed by atoms with Crippen LogP contribution in [0.3, 0.4) is 0 Å². The van der Waals surface area contributed by atoms with Gasteiger partial charge in [0.05, 0.1) is 29.1 Å². The molecule has 1 aliphatic rings. The molecule has 1 saturated heterocycles. The third-order valence-corrected chi connectivity index (χ3v) is 7.10. The van der Waals surface area contributed by atoms with Gasteiger partial charge in [-0.2, -0.15) is 0 Å². The number of methoxy groups -OCH3 is 1. The Hall–Kier alpha value is -4.07. The summed E-state index contributed by atoms with van der Waals surface area (Å²) >= 11 is 6.99. The Morgan fingerprint density at radius 1 is 0.946 bits per heavy atom. The first kappa shape index (κ1) is 24.6. The van der Waals surface area contributed by atoms with Crippen LogP contribution >= 0.6 is 23.4 Å². The summed E-state index contributed by atoms with van der Waals surface area (Å²) in [5, 5.41) is 1.96. The Balaban J connectivity index is 1.39. The number of ether oxygens (including phenoxy) is 2. The first-order valence-corrected chi connectivity index (χ1v) is 12.5. The van der Waals surface area contributed by atoms with Gasteiger partial charge in [-0.1, -0.05) is 72.3 Å². The second kappa shape index (κ2) is 10.5. The van der Waals surface area contributed by atoms with Crippen molar-refractivity contribution < 1.29 is 23.9 Å². The van der Waals surface area contributed by atoms with Crippen LogP contribution in [0, 0.1) is 0 Å². The maximum atomic E-state index is 13.2. The summed E-state index contributed by atoms with van der Waals surface area (Å²) in [6, 6.07) is 25.1. The first-order chi connectivity index (χ1) is 17.9. The molecule has 5 rings (SSSR count). The lowest BCUT2D eigenvalue weighted by atomic mass is 10.0.